The van der Waals surface area contributed by atoms with Gasteiger partial charge in [0, 0.05) is 5.75 Å². The Bertz CT molecular complexity index is 704. The highest BCUT2D eigenvalue weighted by atomic mass is 32.2. The molecule has 0 saturated heterocycles. The lowest BCUT2D eigenvalue weighted by atomic mass is 10.0. The van der Waals surface area contributed by atoms with Crippen molar-refractivity contribution >= 4 is 33.7 Å². The van der Waals surface area contributed by atoms with Crippen LogP contribution in [-0.2, 0) is 10.0 Å². The molecule has 0 aromatic carbocycles. The molecule has 10 heteroatoms. The number of hydrogen-bond donors (Lipinski definition) is 3. The van der Waals surface area contributed by atoms with Gasteiger partial charge in [-0.25, -0.2) is 8.42 Å². The van der Waals surface area contributed by atoms with E-state index < -0.39 is 10.0 Å². The summed E-state index contributed by atoms with van der Waals surface area (Å²) in [6.45, 7) is 8.11. The molecule has 3 N–H and O–H groups in total. The van der Waals surface area contributed by atoms with Gasteiger partial charge in [-0.15, -0.1) is 0 Å². The zero-order chi connectivity index (χ0) is 19.7. The average Bonchev–Trinajstić information content (AvgIpc) is 2.48. The van der Waals surface area contributed by atoms with Crippen LogP contribution in [0.4, 0.5) is 11.9 Å². The van der Waals surface area contributed by atoms with E-state index in [4.69, 9.17) is 0 Å². The topological polar surface area (TPSA) is 117 Å². The normalized spacial score (nSPS) is 12.7. The van der Waals surface area contributed by atoms with Crippen LogP contribution in [0, 0.1) is 5.92 Å². The highest BCUT2D eigenvalue weighted by molar-refractivity contribution is 7.99. The molecule has 148 valence electrons. The van der Waals surface area contributed by atoms with Crippen LogP contribution in [-0.4, -0.2) is 53.1 Å². The highest BCUT2D eigenvalue weighted by Crippen LogP contribution is 2.19. The first kappa shape index (κ1) is 22.7. The van der Waals surface area contributed by atoms with Gasteiger partial charge >= 0.3 is 0 Å². The Morgan fingerprint density at radius 1 is 1.23 bits per heavy atom. The molecule has 0 aliphatic carbocycles. The Balaban J connectivity index is 2.97. The first-order valence-electron chi connectivity index (χ1n) is 8.46. The van der Waals surface area contributed by atoms with Gasteiger partial charge in [0.2, 0.25) is 21.9 Å². The molecule has 1 aromatic rings. The van der Waals surface area contributed by atoms with Gasteiger partial charge in [0.15, 0.2) is 5.16 Å². The summed E-state index contributed by atoms with van der Waals surface area (Å²) in [5.41, 5.74) is 1.24. The molecule has 0 radical (unpaired) electrons. The zero-order valence-electron chi connectivity index (χ0n) is 16.0. The third-order valence-electron chi connectivity index (χ3n) is 3.10. The van der Waals surface area contributed by atoms with Crippen molar-refractivity contribution in [3.05, 3.63) is 11.6 Å². The number of aliphatic hydroxyl groups is 1. The van der Waals surface area contributed by atoms with Crippen molar-refractivity contribution in [2.45, 2.75) is 51.7 Å². The van der Waals surface area contributed by atoms with E-state index in [1.54, 1.807) is 0 Å². The lowest BCUT2D eigenvalue weighted by Gasteiger charge is -2.18. The van der Waals surface area contributed by atoms with Crippen molar-refractivity contribution < 1.29 is 13.5 Å². The predicted molar refractivity (Wildman–Crippen MR) is 107 cm³/mol. The number of thioether (sulfide) groups is 1. The van der Waals surface area contributed by atoms with Crippen molar-refractivity contribution in [2.24, 2.45) is 5.92 Å². The number of nitrogens with one attached hydrogen (secondary N) is 2. The quantitative estimate of drug-likeness (QED) is 0.293. The Kier molecular flexibility index (Phi) is 9.31. The SMILES string of the molecule is CC(C)=CCCSc1nc(N[C@@H](CO)CC(C)C)nc(NS(C)(=O)=O)n1. The lowest BCUT2D eigenvalue weighted by molar-refractivity contribution is 0.259. The number of rotatable bonds is 11. The lowest BCUT2D eigenvalue weighted by Crippen LogP contribution is -2.27. The number of nitrogens with zero attached hydrogens (tertiary/aromatic N) is 3. The summed E-state index contributed by atoms with van der Waals surface area (Å²) in [6, 6.07) is -0.216. The van der Waals surface area contributed by atoms with Crippen LogP contribution < -0.4 is 10.0 Å². The van der Waals surface area contributed by atoms with Gasteiger partial charge in [-0.1, -0.05) is 37.3 Å². The summed E-state index contributed by atoms with van der Waals surface area (Å²) in [6.07, 6.45) is 4.76. The maximum Gasteiger partial charge on any atom is 0.242 e. The number of hydrogen-bond acceptors (Lipinski definition) is 8. The molecule has 0 unspecified atom stereocenters. The Morgan fingerprint density at radius 3 is 2.42 bits per heavy atom. The fraction of sp³-hybridized carbons (Fsp3) is 0.688. The monoisotopic (exact) mass is 403 g/mol. The van der Waals surface area contributed by atoms with Crippen LogP contribution in [0.3, 0.4) is 0 Å². The van der Waals surface area contributed by atoms with Crippen molar-refractivity contribution in [2.75, 3.05) is 28.7 Å². The van der Waals surface area contributed by atoms with Crippen LogP contribution in [0.2, 0.25) is 0 Å². The zero-order valence-corrected chi connectivity index (χ0v) is 17.6. The molecule has 1 aromatic heterocycles. The number of aliphatic hydroxyl groups excluding tert-OH is 1. The fourth-order valence-electron chi connectivity index (χ4n) is 2.13. The number of sulfonamides is 1. The van der Waals surface area contributed by atoms with Crippen LogP contribution >= 0.6 is 11.8 Å². The molecular formula is C16H29N5O3S2. The fourth-order valence-corrected chi connectivity index (χ4v) is 3.27. The smallest absolute Gasteiger partial charge is 0.242 e. The maximum atomic E-state index is 11.5. The van der Waals surface area contributed by atoms with Gasteiger partial charge in [-0.3, -0.25) is 4.72 Å². The van der Waals surface area contributed by atoms with E-state index in [1.165, 1.54) is 17.3 Å². The van der Waals surface area contributed by atoms with E-state index in [9.17, 15) is 13.5 Å². The Hall–Kier alpha value is -1.39. The largest absolute Gasteiger partial charge is 0.394 e. The average molecular weight is 404 g/mol. The molecule has 1 atom stereocenters. The van der Waals surface area contributed by atoms with Crippen molar-refractivity contribution in [1.82, 2.24) is 15.0 Å². The summed E-state index contributed by atoms with van der Waals surface area (Å²) in [5.74, 6) is 1.36. The molecule has 0 saturated carbocycles. The number of allylic oxidation sites excluding steroid dienone is 2. The third kappa shape index (κ3) is 9.93. The molecule has 0 aliphatic heterocycles. The molecular weight excluding hydrogens is 374 g/mol. The van der Waals surface area contributed by atoms with E-state index in [2.05, 4.69) is 44.9 Å². The van der Waals surface area contributed by atoms with E-state index >= 15 is 0 Å². The first-order chi connectivity index (χ1) is 12.1. The molecule has 0 bridgehead atoms. The molecule has 1 heterocycles. The predicted octanol–water partition coefficient (Wildman–Crippen LogP) is 2.51. The Labute approximate surface area is 160 Å². The van der Waals surface area contributed by atoms with E-state index in [0.29, 0.717) is 11.1 Å². The van der Waals surface area contributed by atoms with Crippen molar-refractivity contribution in [1.29, 1.82) is 0 Å². The molecule has 0 amide bonds. The van der Waals surface area contributed by atoms with Gasteiger partial charge in [0.1, 0.15) is 0 Å². The van der Waals surface area contributed by atoms with Crippen molar-refractivity contribution in [3.8, 4) is 0 Å². The first-order valence-corrected chi connectivity index (χ1v) is 11.3. The van der Waals surface area contributed by atoms with Crippen LogP contribution in [0.1, 0.15) is 40.5 Å². The molecule has 0 aliphatic rings. The molecule has 0 spiro atoms. The molecule has 26 heavy (non-hydrogen) atoms. The summed E-state index contributed by atoms with van der Waals surface area (Å²) >= 11 is 1.42. The third-order valence-corrected chi connectivity index (χ3v) is 4.54. The Morgan fingerprint density at radius 2 is 1.88 bits per heavy atom. The summed E-state index contributed by atoms with van der Waals surface area (Å²) in [5, 5.41) is 13.0. The second-order valence-electron chi connectivity index (χ2n) is 6.71. The van der Waals surface area contributed by atoms with Gasteiger partial charge in [0.05, 0.1) is 18.9 Å². The van der Waals surface area contributed by atoms with Gasteiger partial charge in [-0.05, 0) is 32.6 Å². The van der Waals surface area contributed by atoms with Gasteiger partial charge in [-0.2, -0.15) is 15.0 Å². The van der Waals surface area contributed by atoms with Crippen LogP contribution in [0.5, 0.6) is 0 Å². The van der Waals surface area contributed by atoms with Gasteiger partial charge < -0.3 is 10.4 Å². The standard InChI is InChI=1S/C16H29N5O3S2/c1-11(2)7-6-8-25-16-19-14(17-13(10-22)9-12(3)4)18-15(20-16)21-26(5,23)24/h7,12-13,22H,6,8-10H2,1-5H3,(H2,17,18,19,20,21)/t13-/m1/s1. The van der Waals surface area contributed by atoms with E-state index in [0.717, 1.165) is 24.9 Å². The van der Waals surface area contributed by atoms with E-state index in [-0.39, 0.29) is 24.5 Å². The van der Waals surface area contributed by atoms with Gasteiger partial charge in [0.25, 0.3) is 0 Å². The maximum absolute atomic E-state index is 11.5. The summed E-state index contributed by atoms with van der Waals surface area (Å²) in [4.78, 5) is 12.6. The van der Waals surface area contributed by atoms with E-state index in [1.807, 2.05) is 13.8 Å². The van der Waals surface area contributed by atoms with Crippen molar-refractivity contribution in [3.63, 3.8) is 0 Å². The minimum atomic E-state index is -3.50. The number of aromatic nitrogens is 3. The second kappa shape index (κ2) is 10.7. The van der Waals surface area contributed by atoms with Crippen LogP contribution in [0.25, 0.3) is 0 Å². The molecule has 8 nitrogen and oxygen atoms in total. The summed E-state index contributed by atoms with van der Waals surface area (Å²) < 4.78 is 25.3. The minimum Gasteiger partial charge on any atom is -0.394 e. The summed E-state index contributed by atoms with van der Waals surface area (Å²) in [7, 11) is -3.50. The van der Waals surface area contributed by atoms with Crippen LogP contribution in [0.15, 0.2) is 16.8 Å². The number of anilines is 2. The second-order valence-corrected chi connectivity index (χ2v) is 9.52. The minimum absolute atomic E-state index is 0.0315. The highest BCUT2D eigenvalue weighted by Gasteiger charge is 2.15. The molecule has 0 fully saturated rings. The molecule has 1 rings (SSSR count).